The summed E-state index contributed by atoms with van der Waals surface area (Å²) in [6.07, 6.45) is -2.04. The molecule has 6 aromatic rings. The molecular formula is C43H32O10. The second kappa shape index (κ2) is 11.2. The van der Waals surface area contributed by atoms with Gasteiger partial charge in [0, 0.05) is 34.9 Å². The van der Waals surface area contributed by atoms with Crippen LogP contribution in [-0.4, -0.2) is 37.7 Å². The van der Waals surface area contributed by atoms with E-state index in [1.54, 1.807) is 103 Å². The van der Waals surface area contributed by atoms with E-state index in [9.17, 15) is 30.6 Å². The van der Waals surface area contributed by atoms with E-state index in [-0.39, 0.29) is 40.2 Å². The van der Waals surface area contributed by atoms with Crippen molar-refractivity contribution in [3.05, 3.63) is 153 Å². The fourth-order valence-electron chi connectivity index (χ4n) is 8.97. The molecule has 0 saturated heterocycles. The standard InChI is InChI=1S/C43H32O10/c1-50-31-12-21(6-11-30(31)49)43-40-29-15-26(48)17-33-36(29)38(41(52-33)19-2-7-22(44)8-3-19)27-13-24(46)16-32-35(27)39(28-14-25(47)18-34(53-43)37(28)40)42(51-32)20-4-9-23(45)10-5-20/h2-18,38-49H,1H3. The normalized spacial score (nSPS) is 22.6. The SMILES string of the molecule is COc1cc(C2Oc3cc(O)cc4c3C2c2cc(O)cc3c2C(c2cc(O)cc5c2C4C(c2ccc(O)cc2)O5)C(c2ccc(O)cc2)O3)ccc1O. The predicted molar refractivity (Wildman–Crippen MR) is 191 cm³/mol. The van der Waals surface area contributed by atoms with Crippen LogP contribution in [0.4, 0.5) is 0 Å². The highest BCUT2D eigenvalue weighted by Crippen LogP contribution is 2.66. The molecule has 0 amide bonds. The largest absolute Gasteiger partial charge is 0.508 e. The Morgan fingerprint density at radius 2 is 0.774 bits per heavy atom. The van der Waals surface area contributed by atoms with Crippen LogP contribution in [0.15, 0.2) is 103 Å². The second-order valence-corrected chi connectivity index (χ2v) is 14.0. The topological polar surface area (TPSA) is 158 Å². The lowest BCUT2D eigenvalue weighted by molar-refractivity contribution is 0.219. The van der Waals surface area contributed by atoms with Gasteiger partial charge in [0.1, 0.15) is 64.3 Å². The van der Waals surface area contributed by atoms with Gasteiger partial charge in [-0.3, -0.25) is 0 Å². The summed E-state index contributed by atoms with van der Waals surface area (Å²) in [7, 11) is 1.47. The number of rotatable bonds is 4. The van der Waals surface area contributed by atoms with E-state index >= 15 is 0 Å². The Hall–Kier alpha value is -6.68. The van der Waals surface area contributed by atoms with Crippen molar-refractivity contribution in [1.29, 1.82) is 0 Å². The summed E-state index contributed by atoms with van der Waals surface area (Å²) < 4.78 is 25.9. The smallest absolute Gasteiger partial charge is 0.160 e. The van der Waals surface area contributed by atoms with Gasteiger partial charge in [0.25, 0.3) is 0 Å². The lowest BCUT2D eigenvalue weighted by Gasteiger charge is -2.26. The van der Waals surface area contributed by atoms with Crippen molar-refractivity contribution in [2.24, 2.45) is 0 Å². The molecule has 3 heterocycles. The lowest BCUT2D eigenvalue weighted by atomic mass is 9.76. The number of fused-ring (bicyclic) bond motifs is 3. The van der Waals surface area contributed by atoms with Gasteiger partial charge in [-0.25, -0.2) is 0 Å². The Morgan fingerprint density at radius 1 is 0.415 bits per heavy atom. The molecule has 1 aliphatic carbocycles. The van der Waals surface area contributed by atoms with Gasteiger partial charge < -0.3 is 49.6 Å². The van der Waals surface area contributed by atoms with Crippen LogP contribution in [0.5, 0.6) is 57.5 Å². The van der Waals surface area contributed by atoms with E-state index < -0.39 is 36.1 Å². The van der Waals surface area contributed by atoms with Crippen molar-refractivity contribution in [1.82, 2.24) is 0 Å². The Morgan fingerprint density at radius 3 is 1.15 bits per heavy atom. The molecular weight excluding hydrogens is 676 g/mol. The van der Waals surface area contributed by atoms with Crippen LogP contribution in [0.2, 0.25) is 0 Å². The third-order valence-electron chi connectivity index (χ3n) is 11.1. The van der Waals surface area contributed by atoms with E-state index in [1.165, 1.54) is 7.11 Å². The molecule has 6 N–H and O–H groups in total. The zero-order chi connectivity index (χ0) is 36.3. The summed E-state index contributed by atoms with van der Waals surface area (Å²) in [5.74, 6) is -0.0183. The number of methoxy groups -OCH3 is 1. The average molecular weight is 709 g/mol. The second-order valence-electron chi connectivity index (χ2n) is 14.0. The van der Waals surface area contributed by atoms with Gasteiger partial charge in [-0.1, -0.05) is 30.3 Å². The highest BCUT2D eigenvalue weighted by atomic mass is 16.5. The fourth-order valence-corrected chi connectivity index (χ4v) is 8.97. The third kappa shape index (κ3) is 4.58. The van der Waals surface area contributed by atoms with Crippen molar-refractivity contribution in [2.45, 2.75) is 36.1 Å². The number of phenolic OH excluding ortho intramolecular Hbond substituents is 6. The van der Waals surface area contributed by atoms with Crippen LogP contribution in [0, 0.1) is 0 Å². The summed E-state index contributed by atoms with van der Waals surface area (Å²) >= 11 is 0. The van der Waals surface area contributed by atoms with Crippen molar-refractivity contribution >= 4 is 0 Å². The summed E-state index contributed by atoms with van der Waals surface area (Å²) in [6.45, 7) is 0. The molecule has 264 valence electrons. The molecule has 53 heavy (non-hydrogen) atoms. The van der Waals surface area contributed by atoms with Crippen molar-refractivity contribution in [3.63, 3.8) is 0 Å². The molecule has 4 aliphatic rings. The maximum absolute atomic E-state index is 11.4. The zero-order valence-electron chi connectivity index (χ0n) is 28.1. The summed E-state index contributed by atoms with van der Waals surface area (Å²) in [4.78, 5) is 0. The van der Waals surface area contributed by atoms with E-state index in [0.29, 0.717) is 28.4 Å². The molecule has 6 atom stereocenters. The highest BCUT2D eigenvalue weighted by molar-refractivity contribution is 5.70. The Balaban J connectivity index is 1.32. The molecule has 0 aromatic heterocycles. The summed E-state index contributed by atoms with van der Waals surface area (Å²) in [5.41, 5.74) is 6.70. The van der Waals surface area contributed by atoms with Gasteiger partial charge >= 0.3 is 0 Å². The van der Waals surface area contributed by atoms with Crippen LogP contribution >= 0.6 is 0 Å². The quantitative estimate of drug-likeness (QED) is 0.106. The molecule has 6 unspecified atom stereocenters. The first-order valence-electron chi connectivity index (χ1n) is 17.2. The maximum atomic E-state index is 11.4. The minimum atomic E-state index is -0.720. The molecule has 0 bridgehead atoms. The van der Waals surface area contributed by atoms with E-state index in [1.807, 2.05) is 0 Å². The molecule has 10 rings (SSSR count). The van der Waals surface area contributed by atoms with Gasteiger partial charge in [0.15, 0.2) is 11.5 Å². The van der Waals surface area contributed by atoms with Crippen molar-refractivity contribution < 1.29 is 49.6 Å². The van der Waals surface area contributed by atoms with E-state index in [0.717, 1.165) is 38.9 Å². The molecule has 6 aromatic carbocycles. The van der Waals surface area contributed by atoms with Crippen LogP contribution in [0.1, 0.15) is 86.1 Å². The average Bonchev–Trinajstić information content (AvgIpc) is 3.83. The lowest BCUT2D eigenvalue weighted by Crippen LogP contribution is -2.16. The number of phenols is 6. The number of hydrogen-bond acceptors (Lipinski definition) is 10. The molecule has 10 nitrogen and oxygen atoms in total. The van der Waals surface area contributed by atoms with Crippen LogP contribution in [0.3, 0.4) is 0 Å². The number of hydrogen-bond donors (Lipinski definition) is 6. The molecule has 0 fully saturated rings. The summed E-state index contributed by atoms with van der Waals surface area (Å²) in [6, 6.07) is 28.5. The number of aromatic hydroxyl groups is 6. The Labute approximate surface area is 302 Å². The van der Waals surface area contributed by atoms with Gasteiger partial charge in [-0.2, -0.15) is 0 Å². The van der Waals surface area contributed by atoms with Crippen molar-refractivity contribution in [2.75, 3.05) is 7.11 Å². The first-order valence-corrected chi connectivity index (χ1v) is 17.2. The third-order valence-corrected chi connectivity index (χ3v) is 11.1. The maximum Gasteiger partial charge on any atom is 0.160 e. The highest BCUT2D eigenvalue weighted by Gasteiger charge is 2.52. The van der Waals surface area contributed by atoms with Crippen LogP contribution < -0.4 is 18.9 Å². The zero-order valence-corrected chi connectivity index (χ0v) is 28.1. The van der Waals surface area contributed by atoms with Gasteiger partial charge in [-0.05, 0) is 88.0 Å². The summed E-state index contributed by atoms with van der Waals surface area (Å²) in [5, 5.41) is 65.1. The van der Waals surface area contributed by atoms with Gasteiger partial charge in [0.2, 0.25) is 0 Å². The van der Waals surface area contributed by atoms with Crippen LogP contribution in [-0.2, 0) is 0 Å². The molecule has 0 radical (unpaired) electrons. The first kappa shape index (κ1) is 31.1. The Kier molecular flexibility index (Phi) is 6.54. The monoisotopic (exact) mass is 708 g/mol. The fraction of sp³-hybridized carbons (Fsp3) is 0.163. The minimum Gasteiger partial charge on any atom is -0.508 e. The number of ether oxygens (including phenoxy) is 4. The van der Waals surface area contributed by atoms with Gasteiger partial charge in [0.05, 0.1) is 24.9 Å². The van der Waals surface area contributed by atoms with Crippen LogP contribution in [0.25, 0.3) is 0 Å². The number of benzene rings is 6. The molecule has 0 spiro atoms. The van der Waals surface area contributed by atoms with E-state index in [2.05, 4.69) is 0 Å². The van der Waals surface area contributed by atoms with E-state index in [4.69, 9.17) is 18.9 Å². The predicted octanol–water partition coefficient (Wildman–Crippen LogP) is 8.04. The minimum absolute atomic E-state index is 0.0146. The molecule has 10 heteroatoms. The van der Waals surface area contributed by atoms with Gasteiger partial charge in [-0.15, -0.1) is 0 Å². The Bertz CT molecular complexity index is 2430. The molecule has 0 saturated carbocycles. The van der Waals surface area contributed by atoms with Crippen molar-refractivity contribution in [3.8, 4) is 57.5 Å². The molecule has 3 aliphatic heterocycles. The first-order chi connectivity index (χ1) is 25.7.